The van der Waals surface area contributed by atoms with Crippen molar-refractivity contribution < 1.29 is 14.2 Å². The molecule has 0 spiro atoms. The lowest BCUT2D eigenvalue weighted by molar-refractivity contribution is -0.00461. The van der Waals surface area contributed by atoms with Crippen molar-refractivity contribution in [2.45, 2.75) is 18.3 Å². The molecule has 2 N–H and O–H groups in total. The molecule has 1 aliphatic heterocycles. The largest absolute Gasteiger partial charge is 0.379 e. The number of likely N-dealkylation sites (tertiary alicyclic amines) is 1. The molecule has 0 aromatic heterocycles. The molecule has 0 radical (unpaired) electrons. The summed E-state index contributed by atoms with van der Waals surface area (Å²) in [4.78, 5) is 2.27. The predicted molar refractivity (Wildman–Crippen MR) is 57.9 cm³/mol. The standard InChI is InChI=1S/C10H22N2O3/c1-13-8(4-11)5-12-6-9(14-2)10(7-12)15-3/h8-10H,4-7,11H2,1-3H3. The van der Waals surface area contributed by atoms with Gasteiger partial charge in [-0.05, 0) is 0 Å². The molecule has 1 rings (SSSR count). The Morgan fingerprint density at radius 1 is 1.20 bits per heavy atom. The molecule has 1 saturated heterocycles. The second-order valence-corrected chi connectivity index (χ2v) is 3.86. The van der Waals surface area contributed by atoms with E-state index in [-0.39, 0.29) is 18.3 Å². The normalized spacial score (nSPS) is 29.6. The summed E-state index contributed by atoms with van der Waals surface area (Å²) in [5, 5.41) is 0. The Morgan fingerprint density at radius 2 is 1.73 bits per heavy atom. The van der Waals surface area contributed by atoms with Crippen molar-refractivity contribution in [1.82, 2.24) is 4.90 Å². The summed E-state index contributed by atoms with van der Waals surface area (Å²) in [6.07, 6.45) is 0.411. The van der Waals surface area contributed by atoms with Crippen LogP contribution in [-0.2, 0) is 14.2 Å². The molecular weight excluding hydrogens is 196 g/mol. The van der Waals surface area contributed by atoms with Gasteiger partial charge in [-0.25, -0.2) is 0 Å². The van der Waals surface area contributed by atoms with Crippen LogP contribution in [0.15, 0.2) is 0 Å². The van der Waals surface area contributed by atoms with Gasteiger partial charge in [0.05, 0.1) is 18.3 Å². The lowest BCUT2D eigenvalue weighted by atomic mass is 10.3. The van der Waals surface area contributed by atoms with E-state index in [9.17, 15) is 0 Å². The van der Waals surface area contributed by atoms with E-state index in [1.165, 1.54) is 0 Å². The van der Waals surface area contributed by atoms with Crippen LogP contribution in [0.2, 0.25) is 0 Å². The van der Waals surface area contributed by atoms with Crippen molar-refractivity contribution in [1.29, 1.82) is 0 Å². The highest BCUT2D eigenvalue weighted by molar-refractivity contribution is 4.86. The quantitative estimate of drug-likeness (QED) is 0.639. The first-order chi connectivity index (χ1) is 7.24. The van der Waals surface area contributed by atoms with Gasteiger partial charge in [0.15, 0.2) is 0 Å². The fraction of sp³-hybridized carbons (Fsp3) is 1.00. The highest BCUT2D eigenvalue weighted by Crippen LogP contribution is 2.15. The van der Waals surface area contributed by atoms with Crippen LogP contribution in [0.3, 0.4) is 0 Å². The monoisotopic (exact) mass is 218 g/mol. The van der Waals surface area contributed by atoms with Gasteiger partial charge in [0, 0.05) is 47.5 Å². The van der Waals surface area contributed by atoms with Crippen LogP contribution in [0.4, 0.5) is 0 Å². The highest BCUT2D eigenvalue weighted by Gasteiger charge is 2.33. The molecule has 3 unspecified atom stereocenters. The van der Waals surface area contributed by atoms with Crippen molar-refractivity contribution in [3.8, 4) is 0 Å². The topological polar surface area (TPSA) is 57.0 Å². The lowest BCUT2D eigenvalue weighted by Gasteiger charge is -2.21. The summed E-state index contributed by atoms with van der Waals surface area (Å²) in [5.74, 6) is 0. The molecule has 1 heterocycles. The number of nitrogens with two attached hydrogens (primary N) is 1. The van der Waals surface area contributed by atoms with E-state index in [1.807, 2.05) is 0 Å². The minimum absolute atomic E-state index is 0.0955. The summed E-state index contributed by atoms with van der Waals surface area (Å²) in [6.45, 7) is 3.15. The molecule has 1 fully saturated rings. The lowest BCUT2D eigenvalue weighted by Crippen LogP contribution is -2.37. The van der Waals surface area contributed by atoms with Crippen molar-refractivity contribution >= 4 is 0 Å². The molecular formula is C10H22N2O3. The zero-order valence-electron chi connectivity index (χ0n) is 9.81. The Kier molecular flexibility index (Phi) is 5.49. The van der Waals surface area contributed by atoms with E-state index in [1.54, 1.807) is 21.3 Å². The molecule has 90 valence electrons. The maximum atomic E-state index is 5.58. The maximum absolute atomic E-state index is 5.58. The third kappa shape index (κ3) is 3.39. The van der Waals surface area contributed by atoms with E-state index < -0.39 is 0 Å². The van der Waals surface area contributed by atoms with Crippen LogP contribution in [0.5, 0.6) is 0 Å². The summed E-state index contributed by atoms with van der Waals surface area (Å²) >= 11 is 0. The average Bonchev–Trinajstić information content (AvgIpc) is 2.68. The first-order valence-corrected chi connectivity index (χ1v) is 5.26. The maximum Gasteiger partial charge on any atom is 0.0971 e. The molecule has 0 bridgehead atoms. The number of methoxy groups -OCH3 is 3. The van der Waals surface area contributed by atoms with Gasteiger partial charge >= 0.3 is 0 Å². The first-order valence-electron chi connectivity index (χ1n) is 5.26. The molecule has 5 nitrogen and oxygen atoms in total. The van der Waals surface area contributed by atoms with Gasteiger partial charge in [0.25, 0.3) is 0 Å². The second kappa shape index (κ2) is 6.40. The zero-order chi connectivity index (χ0) is 11.3. The van der Waals surface area contributed by atoms with Gasteiger partial charge < -0.3 is 19.9 Å². The minimum Gasteiger partial charge on any atom is -0.379 e. The van der Waals surface area contributed by atoms with Gasteiger partial charge in [0.2, 0.25) is 0 Å². The third-order valence-electron chi connectivity index (χ3n) is 2.95. The summed E-state index contributed by atoms with van der Waals surface area (Å²) in [5.41, 5.74) is 5.58. The van der Waals surface area contributed by atoms with Gasteiger partial charge in [-0.2, -0.15) is 0 Å². The van der Waals surface area contributed by atoms with Gasteiger partial charge in [-0.1, -0.05) is 0 Å². The van der Waals surface area contributed by atoms with Crippen molar-refractivity contribution in [2.75, 3.05) is 47.5 Å². The SMILES string of the molecule is COC(CN)CN1CC(OC)C(OC)C1. The van der Waals surface area contributed by atoms with Crippen LogP contribution in [0.25, 0.3) is 0 Å². The first kappa shape index (κ1) is 12.9. The van der Waals surface area contributed by atoms with Crippen LogP contribution < -0.4 is 5.73 Å². The van der Waals surface area contributed by atoms with Crippen LogP contribution in [-0.4, -0.2) is 70.7 Å². The Morgan fingerprint density at radius 3 is 2.07 bits per heavy atom. The Hall–Kier alpha value is -0.200. The molecule has 1 aliphatic rings. The molecule has 0 amide bonds. The molecule has 0 aromatic rings. The predicted octanol–water partition coefficient (Wildman–Crippen LogP) is -0.694. The van der Waals surface area contributed by atoms with Crippen molar-refractivity contribution in [2.24, 2.45) is 5.73 Å². The van der Waals surface area contributed by atoms with Crippen LogP contribution in [0, 0.1) is 0 Å². The van der Waals surface area contributed by atoms with Gasteiger partial charge in [-0.3, -0.25) is 4.90 Å². The summed E-state index contributed by atoms with van der Waals surface area (Å²) in [7, 11) is 5.13. The smallest absolute Gasteiger partial charge is 0.0971 e. The van der Waals surface area contributed by atoms with E-state index in [4.69, 9.17) is 19.9 Å². The van der Waals surface area contributed by atoms with E-state index in [0.29, 0.717) is 6.54 Å². The number of nitrogens with zero attached hydrogens (tertiary/aromatic N) is 1. The Balaban J connectivity index is 2.39. The average molecular weight is 218 g/mol. The van der Waals surface area contributed by atoms with Gasteiger partial charge in [-0.15, -0.1) is 0 Å². The molecule has 0 aliphatic carbocycles. The summed E-state index contributed by atoms with van der Waals surface area (Å²) in [6, 6.07) is 0. The molecule has 0 saturated carbocycles. The van der Waals surface area contributed by atoms with E-state index >= 15 is 0 Å². The van der Waals surface area contributed by atoms with Gasteiger partial charge in [0.1, 0.15) is 0 Å². The van der Waals surface area contributed by atoms with Crippen molar-refractivity contribution in [3.63, 3.8) is 0 Å². The van der Waals surface area contributed by atoms with Crippen LogP contribution in [0.1, 0.15) is 0 Å². The molecule has 5 heteroatoms. The second-order valence-electron chi connectivity index (χ2n) is 3.86. The Bertz CT molecular complexity index is 164. The third-order valence-corrected chi connectivity index (χ3v) is 2.95. The molecule has 15 heavy (non-hydrogen) atoms. The fourth-order valence-corrected chi connectivity index (χ4v) is 1.95. The number of hydrogen-bond acceptors (Lipinski definition) is 5. The van der Waals surface area contributed by atoms with E-state index in [0.717, 1.165) is 19.6 Å². The fourth-order valence-electron chi connectivity index (χ4n) is 1.95. The number of rotatable bonds is 6. The zero-order valence-corrected chi connectivity index (χ0v) is 9.81. The minimum atomic E-state index is 0.0955. The Labute approximate surface area is 91.5 Å². The number of hydrogen-bond donors (Lipinski definition) is 1. The summed E-state index contributed by atoms with van der Waals surface area (Å²) < 4.78 is 16.0. The van der Waals surface area contributed by atoms with Crippen molar-refractivity contribution in [3.05, 3.63) is 0 Å². The molecule has 3 atom stereocenters. The van der Waals surface area contributed by atoms with Crippen LogP contribution >= 0.6 is 0 Å². The molecule has 0 aromatic carbocycles. The number of ether oxygens (including phenoxy) is 3. The van der Waals surface area contributed by atoms with E-state index in [2.05, 4.69) is 4.90 Å². The highest BCUT2D eigenvalue weighted by atomic mass is 16.5.